The van der Waals surface area contributed by atoms with Crippen LogP contribution in [0.2, 0.25) is 0 Å². The van der Waals surface area contributed by atoms with E-state index in [1.165, 1.54) is 17.0 Å². The number of nitrogens with one attached hydrogen (secondary N) is 2. The zero-order valence-corrected chi connectivity index (χ0v) is 21.1. The fourth-order valence-electron chi connectivity index (χ4n) is 4.80. The van der Waals surface area contributed by atoms with Crippen molar-refractivity contribution in [1.82, 2.24) is 19.8 Å². The zero-order valence-electron chi connectivity index (χ0n) is 20.3. The lowest BCUT2D eigenvalue weighted by Gasteiger charge is -2.42. The summed E-state index contributed by atoms with van der Waals surface area (Å²) in [7, 11) is -3.99. The molecule has 2 aliphatic heterocycles. The van der Waals surface area contributed by atoms with E-state index in [9.17, 15) is 23.1 Å². The van der Waals surface area contributed by atoms with Crippen LogP contribution in [0.1, 0.15) is 24.0 Å². The summed E-state index contributed by atoms with van der Waals surface area (Å²) in [6.45, 7) is 2.99. The first-order valence-electron chi connectivity index (χ1n) is 11.9. The lowest BCUT2D eigenvalue weighted by atomic mass is 10.1. The van der Waals surface area contributed by atoms with E-state index in [1.807, 2.05) is 13.0 Å². The summed E-state index contributed by atoms with van der Waals surface area (Å²) in [5.41, 5.74) is 1.41. The van der Waals surface area contributed by atoms with E-state index in [-0.39, 0.29) is 23.6 Å². The summed E-state index contributed by atoms with van der Waals surface area (Å²) >= 11 is 0. The van der Waals surface area contributed by atoms with Crippen molar-refractivity contribution in [1.29, 1.82) is 5.26 Å². The summed E-state index contributed by atoms with van der Waals surface area (Å²) in [5, 5.41) is 20.7. The number of rotatable bonds is 8. The number of benzene rings is 2. The van der Waals surface area contributed by atoms with Gasteiger partial charge in [0.05, 0.1) is 22.6 Å². The number of likely N-dealkylation sites (tertiary alicyclic amines) is 1. The number of hydrogen-bond donors (Lipinski definition) is 3. The molecule has 3 atom stereocenters. The molecule has 2 aliphatic rings. The normalized spacial score (nSPS) is 20.1. The third-order valence-electron chi connectivity index (χ3n) is 6.67. The van der Waals surface area contributed by atoms with Gasteiger partial charge in [-0.15, -0.1) is 0 Å². The number of carbonyl (C=O) groups excluding carboxylic acids is 1. The van der Waals surface area contributed by atoms with Gasteiger partial charge in [-0.25, -0.2) is 22.7 Å². The number of aryl methyl sites for hydroxylation is 1. The number of nitriles is 1. The van der Waals surface area contributed by atoms with Crippen molar-refractivity contribution in [2.45, 2.75) is 42.8 Å². The van der Waals surface area contributed by atoms with Crippen molar-refractivity contribution >= 4 is 22.1 Å². The molecule has 3 N–H and O–H groups in total. The fourth-order valence-corrected chi connectivity index (χ4v) is 5.77. The van der Waals surface area contributed by atoms with Crippen molar-refractivity contribution in [2.75, 3.05) is 26.2 Å². The van der Waals surface area contributed by atoms with E-state index < -0.39 is 28.2 Å². The first-order chi connectivity index (χ1) is 17.6. The number of sulfonamides is 1. The number of ether oxygens (including phenoxy) is 1. The van der Waals surface area contributed by atoms with Crippen molar-refractivity contribution < 1.29 is 27.9 Å². The van der Waals surface area contributed by atoms with E-state index in [0.717, 1.165) is 18.4 Å². The van der Waals surface area contributed by atoms with E-state index in [4.69, 9.17) is 10.00 Å². The molecule has 196 valence electrons. The van der Waals surface area contributed by atoms with Crippen molar-refractivity contribution in [2.24, 2.45) is 0 Å². The Hall–Kier alpha value is -3.82. The minimum atomic E-state index is -3.99. The lowest BCUT2D eigenvalue weighted by Crippen LogP contribution is -2.60. The number of carboxylic acid groups (broad SMARTS) is 1. The van der Waals surface area contributed by atoms with E-state index >= 15 is 0 Å². The Kier molecular flexibility index (Phi) is 7.85. The Morgan fingerprint density at radius 2 is 1.73 bits per heavy atom. The van der Waals surface area contributed by atoms with Gasteiger partial charge in [-0.05, 0) is 56.2 Å². The molecule has 2 unspecified atom stereocenters. The van der Waals surface area contributed by atoms with Crippen LogP contribution in [0.3, 0.4) is 0 Å². The number of hydrogen-bond acceptors (Lipinski definition) is 7. The predicted octanol–water partition coefficient (Wildman–Crippen LogP) is 2.13. The zero-order chi connectivity index (χ0) is 26.6. The predicted molar refractivity (Wildman–Crippen MR) is 134 cm³/mol. The molecule has 0 saturated carbocycles. The molecule has 3 amide bonds. The van der Waals surface area contributed by atoms with Gasteiger partial charge in [0.15, 0.2) is 0 Å². The van der Waals surface area contributed by atoms with Crippen LogP contribution >= 0.6 is 0 Å². The van der Waals surface area contributed by atoms with Crippen LogP contribution in [0.4, 0.5) is 9.59 Å². The van der Waals surface area contributed by atoms with Crippen LogP contribution in [0.15, 0.2) is 53.4 Å². The van der Waals surface area contributed by atoms with Crippen LogP contribution in [-0.2, 0) is 10.0 Å². The van der Waals surface area contributed by atoms with Gasteiger partial charge < -0.3 is 20.1 Å². The monoisotopic (exact) mass is 527 g/mol. The molecule has 4 rings (SSSR count). The second-order valence-corrected chi connectivity index (χ2v) is 11.0. The van der Waals surface area contributed by atoms with Gasteiger partial charge in [-0.3, -0.25) is 4.90 Å². The van der Waals surface area contributed by atoms with Gasteiger partial charge in [-0.1, -0.05) is 17.7 Å². The highest BCUT2D eigenvalue weighted by molar-refractivity contribution is 7.90. The van der Waals surface area contributed by atoms with Crippen LogP contribution in [-0.4, -0.2) is 79.8 Å². The molecule has 2 saturated heterocycles. The highest BCUT2D eigenvalue weighted by atomic mass is 32.2. The number of piperazine rings is 1. The van der Waals surface area contributed by atoms with Gasteiger partial charge in [-0.2, -0.15) is 5.26 Å². The largest absolute Gasteiger partial charge is 0.491 e. The molecule has 0 aromatic heterocycles. The summed E-state index contributed by atoms with van der Waals surface area (Å²) in [6.07, 6.45) is 0.463. The Bertz CT molecular complexity index is 1260. The SMILES string of the molecule is Cc1ccc(S(=O)(=O)NC(=O)N2CC3CCC(C2)N3C[C@@H](COc2ccc(C#N)cc2)NC(=O)O)cc1. The maximum absolute atomic E-state index is 12.8. The molecule has 2 aromatic carbocycles. The van der Waals surface area contributed by atoms with Gasteiger partial charge in [0.1, 0.15) is 12.4 Å². The number of carbonyl (C=O) groups is 2. The minimum Gasteiger partial charge on any atom is -0.491 e. The Labute approximate surface area is 215 Å². The molecule has 0 aliphatic carbocycles. The number of urea groups is 1. The number of fused-ring (bicyclic) bond motifs is 2. The quantitative estimate of drug-likeness (QED) is 0.472. The van der Waals surface area contributed by atoms with Crippen LogP contribution < -0.4 is 14.8 Å². The van der Waals surface area contributed by atoms with Crippen LogP contribution in [0.25, 0.3) is 0 Å². The molecule has 12 heteroatoms. The summed E-state index contributed by atoms with van der Waals surface area (Å²) in [4.78, 5) is 27.9. The highest BCUT2D eigenvalue weighted by Gasteiger charge is 2.42. The molecule has 2 aromatic rings. The third kappa shape index (κ3) is 6.49. The first kappa shape index (κ1) is 26.2. The smallest absolute Gasteiger partial charge is 0.405 e. The van der Waals surface area contributed by atoms with Gasteiger partial charge in [0, 0.05) is 31.7 Å². The van der Waals surface area contributed by atoms with Gasteiger partial charge in [0.2, 0.25) is 0 Å². The molecule has 2 fully saturated rings. The second-order valence-electron chi connectivity index (χ2n) is 9.30. The van der Waals surface area contributed by atoms with Crippen molar-refractivity contribution in [3.05, 3.63) is 59.7 Å². The van der Waals surface area contributed by atoms with Crippen LogP contribution in [0, 0.1) is 18.3 Å². The van der Waals surface area contributed by atoms with E-state index in [1.54, 1.807) is 36.4 Å². The molecule has 0 spiro atoms. The Balaban J connectivity index is 1.36. The summed E-state index contributed by atoms with van der Waals surface area (Å²) in [6, 6.07) is 13.6. The molecule has 2 bridgehead atoms. The number of nitrogens with zero attached hydrogens (tertiary/aromatic N) is 3. The van der Waals surface area contributed by atoms with E-state index in [0.29, 0.717) is 30.9 Å². The highest BCUT2D eigenvalue weighted by Crippen LogP contribution is 2.30. The van der Waals surface area contributed by atoms with Crippen molar-refractivity contribution in [3.8, 4) is 11.8 Å². The second kappa shape index (κ2) is 11.1. The lowest BCUT2D eigenvalue weighted by molar-refractivity contribution is 0.0692. The topological polar surface area (TPSA) is 152 Å². The number of amides is 3. The maximum atomic E-state index is 12.8. The van der Waals surface area contributed by atoms with Gasteiger partial charge >= 0.3 is 12.1 Å². The van der Waals surface area contributed by atoms with Gasteiger partial charge in [0.25, 0.3) is 10.0 Å². The summed E-state index contributed by atoms with van der Waals surface area (Å²) < 4.78 is 33.2. The molecular formula is C25H29N5O6S. The fraction of sp³-hybridized carbons (Fsp3) is 0.400. The third-order valence-corrected chi connectivity index (χ3v) is 8.00. The minimum absolute atomic E-state index is 0.0258. The van der Waals surface area contributed by atoms with Crippen molar-refractivity contribution in [3.63, 3.8) is 0 Å². The first-order valence-corrected chi connectivity index (χ1v) is 13.4. The summed E-state index contributed by atoms with van der Waals surface area (Å²) in [5.74, 6) is 0.524. The molecule has 11 nitrogen and oxygen atoms in total. The average Bonchev–Trinajstić information content (AvgIpc) is 3.08. The molecule has 0 radical (unpaired) electrons. The average molecular weight is 528 g/mol. The van der Waals surface area contributed by atoms with Crippen LogP contribution in [0.5, 0.6) is 5.75 Å². The molecule has 2 heterocycles. The standard InChI is InChI=1S/C25H29N5O6S/c1-17-2-10-23(11-3-17)37(34,35)28-24(31)29-14-20-6-7-21(15-29)30(20)13-19(27-25(32)33)16-36-22-8-4-18(12-26)5-9-22/h2-5,8-11,19-21,27H,6-7,13-16H2,1H3,(H,28,31)(H,32,33)/t19-,20?,21?/m0/s1. The molecule has 37 heavy (non-hydrogen) atoms. The molecular weight excluding hydrogens is 498 g/mol. The maximum Gasteiger partial charge on any atom is 0.405 e. The Morgan fingerprint density at radius 1 is 1.11 bits per heavy atom. The van der Waals surface area contributed by atoms with E-state index in [2.05, 4.69) is 14.9 Å². The Morgan fingerprint density at radius 3 is 2.30 bits per heavy atom.